The normalized spacial score (nSPS) is 11.5. The summed E-state index contributed by atoms with van der Waals surface area (Å²) in [6.07, 6.45) is 1.63. The van der Waals surface area contributed by atoms with Crippen LogP contribution in [0.25, 0.3) is 116 Å². The Morgan fingerprint density at radius 3 is 1.39 bits per heavy atom. The summed E-state index contributed by atoms with van der Waals surface area (Å²) >= 11 is 0. The molecule has 0 N–H and O–H groups in total. The molecule has 12 aromatic rings. The van der Waals surface area contributed by atoms with E-state index in [2.05, 4.69) is 204 Å². The summed E-state index contributed by atoms with van der Waals surface area (Å²) in [5.74, 6) is 0. The van der Waals surface area contributed by atoms with Gasteiger partial charge in [-0.3, -0.25) is 0 Å². The van der Waals surface area contributed by atoms with Crippen molar-refractivity contribution in [2.24, 2.45) is 0 Å². The van der Waals surface area contributed by atoms with E-state index in [0.29, 0.717) is 5.58 Å². The van der Waals surface area contributed by atoms with Gasteiger partial charge in [0.1, 0.15) is 23.1 Å². The minimum absolute atomic E-state index is 0.697. The SMILES string of the molecule is c1ccc(-c2ccc(-c3ccc4c(c3)c3cc(-c5ccc(-c6ccccc6)cc5)ccc3n4-c3cccc(-c4cccc(-c5ncnc6c5oc5ccccc56)c4)c3)cc2)cc1. The highest BCUT2D eigenvalue weighted by Crippen LogP contribution is 2.40. The molecule has 0 unspecified atom stereocenters. The predicted octanol–water partition coefficient (Wildman–Crippen LogP) is 15.5. The van der Waals surface area contributed by atoms with Crippen molar-refractivity contribution in [2.75, 3.05) is 0 Å². The summed E-state index contributed by atoms with van der Waals surface area (Å²) in [5.41, 5.74) is 19.3. The zero-order chi connectivity index (χ0) is 41.0. The van der Waals surface area contributed by atoms with Crippen molar-refractivity contribution < 1.29 is 4.42 Å². The van der Waals surface area contributed by atoms with Crippen LogP contribution in [0.15, 0.2) is 229 Å². The zero-order valence-corrected chi connectivity index (χ0v) is 33.6. The first-order valence-corrected chi connectivity index (χ1v) is 21.0. The largest absolute Gasteiger partial charge is 0.452 e. The first-order valence-electron chi connectivity index (χ1n) is 21.0. The van der Waals surface area contributed by atoms with Crippen molar-refractivity contribution in [1.82, 2.24) is 14.5 Å². The fraction of sp³-hybridized carbons (Fsp3) is 0. The molecule has 0 bridgehead atoms. The highest BCUT2D eigenvalue weighted by Gasteiger charge is 2.18. The molecule has 3 aromatic heterocycles. The van der Waals surface area contributed by atoms with Crippen molar-refractivity contribution in [2.45, 2.75) is 0 Å². The molecule has 4 nitrogen and oxygen atoms in total. The summed E-state index contributed by atoms with van der Waals surface area (Å²) < 4.78 is 8.73. The second kappa shape index (κ2) is 14.7. The summed E-state index contributed by atoms with van der Waals surface area (Å²) in [5, 5.41) is 3.40. The van der Waals surface area contributed by atoms with Crippen LogP contribution in [0.5, 0.6) is 0 Å². The topological polar surface area (TPSA) is 43.9 Å². The van der Waals surface area contributed by atoms with Crippen molar-refractivity contribution in [3.63, 3.8) is 0 Å². The van der Waals surface area contributed by atoms with E-state index in [1.807, 2.05) is 24.3 Å². The smallest absolute Gasteiger partial charge is 0.180 e. The molecule has 290 valence electrons. The maximum Gasteiger partial charge on any atom is 0.180 e. The third-order valence-corrected chi connectivity index (χ3v) is 12.1. The number of para-hydroxylation sites is 1. The standard InChI is InChI=1S/C58H37N3O/c1-3-11-38(12-4-1)40-21-25-42(26-22-40)46-29-31-53-51(35-46)52-36-47(43-27-23-41(24-28-43)39-13-5-2-6-14-39)30-32-54(52)61(53)49-18-10-16-45(34-49)44-15-9-17-48(33-44)56-58-57(60-37-59-56)50-19-7-8-20-55(50)62-58/h1-37H. The maximum absolute atomic E-state index is 6.33. The van der Waals surface area contributed by atoms with E-state index in [4.69, 9.17) is 9.40 Å². The Morgan fingerprint density at radius 1 is 0.323 bits per heavy atom. The fourth-order valence-corrected chi connectivity index (χ4v) is 9.03. The van der Waals surface area contributed by atoms with Crippen LogP contribution >= 0.6 is 0 Å². The third-order valence-electron chi connectivity index (χ3n) is 12.1. The second-order valence-corrected chi connectivity index (χ2v) is 15.8. The monoisotopic (exact) mass is 791 g/mol. The molecule has 0 amide bonds. The number of rotatable bonds is 7. The van der Waals surface area contributed by atoms with Crippen LogP contribution in [0.3, 0.4) is 0 Å². The van der Waals surface area contributed by atoms with Crippen LogP contribution in [-0.2, 0) is 0 Å². The van der Waals surface area contributed by atoms with Gasteiger partial charge in [0.2, 0.25) is 0 Å². The maximum atomic E-state index is 6.33. The van der Waals surface area contributed by atoms with Gasteiger partial charge in [0.25, 0.3) is 0 Å². The van der Waals surface area contributed by atoms with Crippen LogP contribution in [-0.4, -0.2) is 14.5 Å². The molecule has 9 aromatic carbocycles. The van der Waals surface area contributed by atoms with Crippen LogP contribution in [0.4, 0.5) is 0 Å². The van der Waals surface area contributed by atoms with E-state index in [1.54, 1.807) is 6.33 Å². The van der Waals surface area contributed by atoms with Gasteiger partial charge in [0.05, 0.1) is 11.0 Å². The lowest BCUT2D eigenvalue weighted by Gasteiger charge is -2.12. The minimum atomic E-state index is 0.697. The molecule has 0 aliphatic heterocycles. The number of benzene rings is 9. The first kappa shape index (κ1) is 35.6. The average molecular weight is 792 g/mol. The Bertz CT molecular complexity index is 3460. The number of hydrogen-bond donors (Lipinski definition) is 0. The fourth-order valence-electron chi connectivity index (χ4n) is 9.03. The van der Waals surface area contributed by atoms with Gasteiger partial charge in [-0.2, -0.15) is 0 Å². The Hall–Kier alpha value is -8.34. The summed E-state index contributed by atoms with van der Waals surface area (Å²) in [6, 6.07) is 78.2. The molecule has 0 aliphatic rings. The van der Waals surface area contributed by atoms with E-state index in [1.165, 1.54) is 55.3 Å². The Balaban J connectivity index is 0.974. The van der Waals surface area contributed by atoms with E-state index in [0.717, 1.165) is 55.6 Å². The summed E-state index contributed by atoms with van der Waals surface area (Å²) in [4.78, 5) is 9.31. The highest BCUT2D eigenvalue weighted by atomic mass is 16.3. The second-order valence-electron chi connectivity index (χ2n) is 15.8. The van der Waals surface area contributed by atoms with Crippen molar-refractivity contribution in [3.8, 4) is 72.6 Å². The van der Waals surface area contributed by atoms with Crippen molar-refractivity contribution >= 4 is 43.9 Å². The van der Waals surface area contributed by atoms with E-state index in [-0.39, 0.29) is 0 Å². The van der Waals surface area contributed by atoms with E-state index >= 15 is 0 Å². The zero-order valence-electron chi connectivity index (χ0n) is 33.6. The van der Waals surface area contributed by atoms with Gasteiger partial charge in [-0.15, -0.1) is 0 Å². The van der Waals surface area contributed by atoms with Gasteiger partial charge >= 0.3 is 0 Å². The molecule has 0 saturated heterocycles. The quantitative estimate of drug-likeness (QED) is 0.161. The average Bonchev–Trinajstić information content (AvgIpc) is 3.90. The number of aromatic nitrogens is 3. The summed E-state index contributed by atoms with van der Waals surface area (Å²) in [6.45, 7) is 0. The lowest BCUT2D eigenvalue weighted by Crippen LogP contribution is -1.94. The molecule has 4 heteroatoms. The van der Waals surface area contributed by atoms with Crippen LogP contribution in [0.1, 0.15) is 0 Å². The Kier molecular flexibility index (Phi) is 8.46. The van der Waals surface area contributed by atoms with Crippen molar-refractivity contribution in [3.05, 3.63) is 225 Å². The van der Waals surface area contributed by atoms with E-state index < -0.39 is 0 Å². The third kappa shape index (κ3) is 6.16. The first-order chi connectivity index (χ1) is 30.7. The van der Waals surface area contributed by atoms with Crippen LogP contribution < -0.4 is 0 Å². The number of nitrogens with zero attached hydrogens (tertiary/aromatic N) is 3. The van der Waals surface area contributed by atoms with Crippen LogP contribution in [0.2, 0.25) is 0 Å². The van der Waals surface area contributed by atoms with Gasteiger partial charge in [-0.25, -0.2) is 9.97 Å². The number of fused-ring (bicyclic) bond motifs is 6. The number of hydrogen-bond acceptors (Lipinski definition) is 3. The minimum Gasteiger partial charge on any atom is -0.452 e. The summed E-state index contributed by atoms with van der Waals surface area (Å²) in [7, 11) is 0. The van der Waals surface area contributed by atoms with Crippen molar-refractivity contribution in [1.29, 1.82) is 0 Å². The number of furan rings is 1. The lowest BCUT2D eigenvalue weighted by atomic mass is 9.97. The lowest BCUT2D eigenvalue weighted by molar-refractivity contribution is 0.667. The highest BCUT2D eigenvalue weighted by molar-refractivity contribution is 6.12. The van der Waals surface area contributed by atoms with E-state index in [9.17, 15) is 0 Å². The molecule has 12 rings (SSSR count). The molecule has 0 atom stereocenters. The molecule has 0 fully saturated rings. The molecule has 0 saturated carbocycles. The molecule has 0 spiro atoms. The molecular weight excluding hydrogens is 755 g/mol. The van der Waals surface area contributed by atoms with Gasteiger partial charge in [0, 0.05) is 27.4 Å². The van der Waals surface area contributed by atoms with Gasteiger partial charge in [0.15, 0.2) is 5.58 Å². The molecule has 3 heterocycles. The molecule has 62 heavy (non-hydrogen) atoms. The van der Waals surface area contributed by atoms with Gasteiger partial charge in [-0.05, 0) is 110 Å². The molecular formula is C58H37N3O. The molecule has 0 radical (unpaired) electrons. The predicted molar refractivity (Wildman–Crippen MR) is 256 cm³/mol. The van der Waals surface area contributed by atoms with Crippen LogP contribution in [0, 0.1) is 0 Å². The Morgan fingerprint density at radius 2 is 0.774 bits per heavy atom. The Labute approximate surface area is 358 Å². The molecule has 0 aliphatic carbocycles. The van der Waals surface area contributed by atoms with Gasteiger partial charge < -0.3 is 8.98 Å². The van der Waals surface area contributed by atoms with Gasteiger partial charge in [-0.1, -0.05) is 164 Å².